The predicted molar refractivity (Wildman–Crippen MR) is 158 cm³/mol. The maximum Gasteiger partial charge on any atom is 0.135 e. The van der Waals surface area contributed by atoms with Crippen molar-refractivity contribution in [1.29, 1.82) is 0 Å². The van der Waals surface area contributed by atoms with Crippen LogP contribution in [0.4, 0.5) is 4.39 Å². The van der Waals surface area contributed by atoms with Gasteiger partial charge in [-0.1, -0.05) is 17.2 Å². The van der Waals surface area contributed by atoms with Crippen molar-refractivity contribution in [3.05, 3.63) is 95.8 Å². The Hall–Kier alpha value is -4.18. The molecule has 0 saturated carbocycles. The van der Waals surface area contributed by atoms with E-state index < -0.39 is 0 Å². The first-order valence-corrected chi connectivity index (χ1v) is 14.0. The number of aromatic amines is 1. The highest BCUT2D eigenvalue weighted by molar-refractivity contribution is 6.11. The molecule has 0 radical (unpaired) electrons. The summed E-state index contributed by atoms with van der Waals surface area (Å²) in [6, 6.07) is 15.3. The molecule has 2 N–H and O–H groups in total. The fraction of sp³-hybridized carbons (Fsp3) is 0.281. The number of allylic oxidation sites excluding steroid dienone is 1. The summed E-state index contributed by atoms with van der Waals surface area (Å²) in [5.41, 5.74) is 6.99. The van der Waals surface area contributed by atoms with Gasteiger partial charge in [-0.2, -0.15) is 10.1 Å². The second-order valence-corrected chi connectivity index (χ2v) is 10.4. The highest BCUT2D eigenvalue weighted by atomic mass is 19.1. The van der Waals surface area contributed by atoms with Crippen molar-refractivity contribution in [1.82, 2.24) is 20.1 Å². The van der Waals surface area contributed by atoms with E-state index in [1.54, 1.807) is 25.6 Å². The van der Waals surface area contributed by atoms with Crippen LogP contribution < -0.4 is 9.75 Å². The van der Waals surface area contributed by atoms with E-state index in [1.165, 1.54) is 11.6 Å². The number of nitrogens with one attached hydrogen (secondary N) is 2. The number of rotatable bonds is 10. The summed E-state index contributed by atoms with van der Waals surface area (Å²) in [5, 5.41) is 14.4. The van der Waals surface area contributed by atoms with Gasteiger partial charge < -0.3 is 9.47 Å². The van der Waals surface area contributed by atoms with Crippen LogP contribution in [0.1, 0.15) is 30.4 Å². The number of likely N-dealkylation sites (tertiary alicyclic amines) is 1. The Bertz CT molecular complexity index is 1600. The number of benzene rings is 2. The van der Waals surface area contributed by atoms with E-state index in [4.69, 9.17) is 14.6 Å². The summed E-state index contributed by atoms with van der Waals surface area (Å²) in [5.74, 6) is 0.385. The number of nitrogens with zero attached hydrogens (tertiary/aromatic N) is 4. The zero-order valence-corrected chi connectivity index (χ0v) is 23.1. The molecule has 6 rings (SSSR count). The Morgan fingerprint density at radius 3 is 2.88 bits per heavy atom. The number of pyridine rings is 1. The van der Waals surface area contributed by atoms with E-state index in [0.717, 1.165) is 70.7 Å². The fourth-order valence-corrected chi connectivity index (χ4v) is 5.41. The molecule has 0 aliphatic carbocycles. The second kappa shape index (κ2) is 12.6. The number of ether oxygens (including phenoxy) is 2. The molecule has 41 heavy (non-hydrogen) atoms. The normalized spacial score (nSPS) is 18.3. The second-order valence-electron chi connectivity index (χ2n) is 10.4. The summed E-state index contributed by atoms with van der Waals surface area (Å²) >= 11 is 0. The van der Waals surface area contributed by atoms with Gasteiger partial charge in [-0.05, 0) is 66.9 Å². The van der Waals surface area contributed by atoms with Gasteiger partial charge in [-0.25, -0.2) is 4.39 Å². The van der Waals surface area contributed by atoms with Gasteiger partial charge in [0.15, 0.2) is 0 Å². The number of fused-ring (bicyclic) bond motifs is 1. The van der Waals surface area contributed by atoms with Crippen molar-refractivity contribution in [3.8, 4) is 17.0 Å². The number of hydrogen-bond donors (Lipinski definition) is 2. The third kappa shape index (κ3) is 6.27. The zero-order chi connectivity index (χ0) is 28.0. The van der Waals surface area contributed by atoms with E-state index in [0.29, 0.717) is 31.1 Å². The molecule has 1 unspecified atom stereocenters. The molecule has 210 valence electrons. The molecular weight excluding hydrogens is 519 g/mol. The highest BCUT2D eigenvalue weighted by Gasteiger charge is 2.22. The first kappa shape index (κ1) is 27.0. The van der Waals surface area contributed by atoms with Crippen LogP contribution >= 0.6 is 0 Å². The lowest BCUT2D eigenvalue weighted by atomic mass is 10.0. The number of quaternary nitrogens is 1. The Balaban J connectivity index is 1.15. The Morgan fingerprint density at radius 1 is 1.10 bits per heavy atom. The standard InChI is InChI=1S/C32H33FN6O2/c1-40-15-4-16-41-31-7-2-6-29(33)28(31)22-38-14-3-5-23(19-38)20-39-21-26(18-35-39)25-8-9-30-27(17-25)32(37-36-30)24-10-12-34-13-11-24/h2,6-13,17-18,20-21H,3-5,14-16,19,22H2,1H3,(H,36,37)/p+1. The lowest BCUT2D eigenvalue weighted by molar-refractivity contribution is -0.794. The summed E-state index contributed by atoms with van der Waals surface area (Å²) in [6.45, 7) is 3.31. The molecule has 0 spiro atoms. The average Bonchev–Trinajstić information content (AvgIpc) is 3.64. The van der Waals surface area contributed by atoms with Gasteiger partial charge in [0.1, 0.15) is 29.7 Å². The van der Waals surface area contributed by atoms with Gasteiger partial charge >= 0.3 is 0 Å². The van der Waals surface area contributed by atoms with Gasteiger partial charge in [-0.15, -0.1) is 0 Å². The minimum atomic E-state index is -0.227. The van der Waals surface area contributed by atoms with Crippen LogP contribution in [-0.2, 0) is 11.3 Å². The van der Waals surface area contributed by atoms with E-state index in [1.807, 2.05) is 24.4 Å². The predicted octanol–water partition coefficient (Wildman–Crippen LogP) is 4.58. The Morgan fingerprint density at radius 2 is 2.00 bits per heavy atom. The van der Waals surface area contributed by atoms with Gasteiger partial charge in [0.2, 0.25) is 0 Å². The molecule has 0 bridgehead atoms. The van der Waals surface area contributed by atoms with Gasteiger partial charge in [0.25, 0.3) is 0 Å². The SMILES string of the molecule is COCCCOc1cccc(F)c1CN1CCCC(=C[NH+]2C=C(c3ccc4[nH]nc(-c5ccncc5)c4c3)C=N2)C1. The highest BCUT2D eigenvalue weighted by Crippen LogP contribution is 2.29. The van der Waals surface area contributed by atoms with Crippen LogP contribution in [0.15, 0.2) is 84.0 Å². The van der Waals surface area contributed by atoms with Crippen molar-refractivity contribution < 1.29 is 18.9 Å². The number of H-pyrrole nitrogens is 1. The summed E-state index contributed by atoms with van der Waals surface area (Å²) < 4.78 is 25.8. The zero-order valence-electron chi connectivity index (χ0n) is 23.1. The molecule has 4 heterocycles. The van der Waals surface area contributed by atoms with Crippen LogP contribution in [0.5, 0.6) is 5.75 Å². The first-order valence-electron chi connectivity index (χ1n) is 14.0. The monoisotopic (exact) mass is 553 g/mol. The van der Waals surface area contributed by atoms with Crippen LogP contribution in [0, 0.1) is 5.82 Å². The quantitative estimate of drug-likeness (QED) is 0.281. The molecule has 2 aliphatic heterocycles. The van der Waals surface area contributed by atoms with Gasteiger partial charge in [0, 0.05) is 62.1 Å². The van der Waals surface area contributed by atoms with Crippen molar-refractivity contribution in [2.24, 2.45) is 5.10 Å². The van der Waals surface area contributed by atoms with E-state index >= 15 is 0 Å². The molecule has 1 saturated heterocycles. The number of halogens is 1. The average molecular weight is 554 g/mol. The van der Waals surface area contributed by atoms with Crippen LogP contribution in [0.25, 0.3) is 27.7 Å². The van der Waals surface area contributed by atoms with Crippen LogP contribution in [0.3, 0.4) is 0 Å². The van der Waals surface area contributed by atoms with Crippen molar-refractivity contribution in [2.45, 2.75) is 25.8 Å². The molecule has 2 aliphatic rings. The third-order valence-electron chi connectivity index (χ3n) is 7.46. The van der Waals surface area contributed by atoms with Gasteiger partial charge in [0.05, 0.1) is 23.9 Å². The van der Waals surface area contributed by atoms with E-state index in [2.05, 4.69) is 50.7 Å². The largest absolute Gasteiger partial charge is 0.493 e. The molecule has 1 fully saturated rings. The van der Waals surface area contributed by atoms with E-state index in [9.17, 15) is 4.39 Å². The molecule has 0 amide bonds. The topological polar surface area (TPSA) is 80.1 Å². The summed E-state index contributed by atoms with van der Waals surface area (Å²) in [6.07, 6.45) is 12.6. The van der Waals surface area contributed by atoms with Crippen LogP contribution in [-0.4, -0.2) is 59.7 Å². The number of hydrogen-bond acceptors (Lipinski definition) is 6. The lowest BCUT2D eigenvalue weighted by Gasteiger charge is -2.29. The lowest BCUT2D eigenvalue weighted by Crippen LogP contribution is -2.96. The molecule has 1 atom stereocenters. The smallest absolute Gasteiger partial charge is 0.135 e. The fourth-order valence-electron chi connectivity index (χ4n) is 5.41. The number of piperidine rings is 1. The Kier molecular flexibility index (Phi) is 8.27. The maximum absolute atomic E-state index is 14.8. The number of methoxy groups -OCH3 is 1. The first-order chi connectivity index (χ1) is 20.2. The molecule has 2 aromatic carbocycles. The third-order valence-corrected chi connectivity index (χ3v) is 7.46. The molecule has 4 aromatic rings. The van der Waals surface area contributed by atoms with E-state index in [-0.39, 0.29) is 5.82 Å². The Labute approximate surface area is 238 Å². The van der Waals surface area contributed by atoms with Crippen LogP contribution in [0.2, 0.25) is 0 Å². The molecule has 2 aromatic heterocycles. The molecular formula is C32H34FN6O2+. The van der Waals surface area contributed by atoms with Gasteiger partial charge in [-0.3, -0.25) is 15.0 Å². The summed E-state index contributed by atoms with van der Waals surface area (Å²) in [7, 11) is 1.67. The van der Waals surface area contributed by atoms with Crippen molar-refractivity contribution in [3.63, 3.8) is 0 Å². The van der Waals surface area contributed by atoms with Crippen molar-refractivity contribution in [2.75, 3.05) is 33.4 Å². The molecule has 8 nitrogen and oxygen atoms in total. The maximum atomic E-state index is 14.8. The van der Waals surface area contributed by atoms with Crippen molar-refractivity contribution >= 4 is 22.7 Å². The minimum Gasteiger partial charge on any atom is -0.493 e. The minimum absolute atomic E-state index is 0.227. The number of aromatic nitrogens is 3. The molecule has 9 heteroatoms. The summed E-state index contributed by atoms with van der Waals surface area (Å²) in [4.78, 5) is 6.40.